The standard InChI is InChI=1S/C14H22ClFN2O2S/c1-3-4-5-6-10(2)18-21(19,20)13-8-12(15)7-11(9-17)14(13)16/h7-8,10,18H,3-6,9,17H2,1-2H3. The van der Waals surface area contributed by atoms with Crippen LogP contribution in [0.25, 0.3) is 0 Å². The van der Waals surface area contributed by atoms with E-state index in [9.17, 15) is 12.8 Å². The predicted octanol–water partition coefficient (Wildman–Crippen LogP) is 3.18. The summed E-state index contributed by atoms with van der Waals surface area (Å²) in [5.74, 6) is -0.838. The van der Waals surface area contributed by atoms with Gasteiger partial charge in [0, 0.05) is 23.2 Å². The third kappa shape index (κ3) is 5.21. The van der Waals surface area contributed by atoms with Gasteiger partial charge in [-0.2, -0.15) is 0 Å². The number of nitrogens with two attached hydrogens (primary N) is 1. The predicted molar refractivity (Wildman–Crippen MR) is 83.2 cm³/mol. The molecule has 0 aliphatic heterocycles. The fourth-order valence-electron chi connectivity index (χ4n) is 2.05. The first-order valence-electron chi connectivity index (χ1n) is 7.02. The number of unbranched alkanes of at least 4 members (excludes halogenated alkanes) is 2. The van der Waals surface area contributed by atoms with Crippen molar-refractivity contribution in [1.29, 1.82) is 0 Å². The maximum atomic E-state index is 14.1. The van der Waals surface area contributed by atoms with Crippen LogP contribution in [0.1, 0.15) is 45.1 Å². The first-order chi connectivity index (χ1) is 9.81. The normalized spacial score (nSPS) is 13.4. The molecule has 0 spiro atoms. The molecule has 0 radical (unpaired) electrons. The molecule has 0 heterocycles. The van der Waals surface area contributed by atoms with Gasteiger partial charge in [0.2, 0.25) is 10.0 Å². The minimum absolute atomic E-state index is 0.0847. The van der Waals surface area contributed by atoms with Gasteiger partial charge in [-0.05, 0) is 25.5 Å². The average molecular weight is 337 g/mol. The molecule has 0 aliphatic carbocycles. The van der Waals surface area contributed by atoms with Gasteiger partial charge in [0.25, 0.3) is 0 Å². The van der Waals surface area contributed by atoms with Crippen LogP contribution in [-0.2, 0) is 16.6 Å². The monoisotopic (exact) mass is 336 g/mol. The molecule has 21 heavy (non-hydrogen) atoms. The second-order valence-corrected chi connectivity index (χ2v) is 7.22. The molecule has 0 aromatic heterocycles. The SMILES string of the molecule is CCCCCC(C)NS(=O)(=O)c1cc(Cl)cc(CN)c1F. The topological polar surface area (TPSA) is 72.2 Å². The van der Waals surface area contributed by atoms with Gasteiger partial charge in [0.05, 0.1) is 0 Å². The van der Waals surface area contributed by atoms with Crippen molar-refractivity contribution in [2.24, 2.45) is 5.73 Å². The van der Waals surface area contributed by atoms with Crippen LogP contribution >= 0.6 is 11.6 Å². The molecule has 4 nitrogen and oxygen atoms in total. The highest BCUT2D eigenvalue weighted by molar-refractivity contribution is 7.89. The van der Waals surface area contributed by atoms with Gasteiger partial charge < -0.3 is 5.73 Å². The van der Waals surface area contributed by atoms with Gasteiger partial charge in [-0.15, -0.1) is 0 Å². The third-order valence-electron chi connectivity index (χ3n) is 3.19. The Morgan fingerprint density at radius 1 is 1.38 bits per heavy atom. The zero-order valence-corrected chi connectivity index (χ0v) is 13.9. The Morgan fingerprint density at radius 3 is 2.62 bits per heavy atom. The number of halogens is 2. The number of rotatable bonds is 8. The third-order valence-corrected chi connectivity index (χ3v) is 4.99. The second-order valence-electron chi connectivity index (χ2n) is 5.10. The molecule has 3 N–H and O–H groups in total. The summed E-state index contributed by atoms with van der Waals surface area (Å²) in [5, 5.41) is 0.149. The molecule has 0 bridgehead atoms. The molecule has 0 fully saturated rings. The Labute approximate surface area is 130 Å². The molecule has 1 aromatic rings. The van der Waals surface area contributed by atoms with E-state index in [-0.39, 0.29) is 23.2 Å². The van der Waals surface area contributed by atoms with Gasteiger partial charge in [-0.25, -0.2) is 17.5 Å². The summed E-state index contributed by atoms with van der Waals surface area (Å²) >= 11 is 5.83. The summed E-state index contributed by atoms with van der Waals surface area (Å²) in [6, 6.07) is 2.18. The van der Waals surface area contributed by atoms with Gasteiger partial charge in [0.1, 0.15) is 10.7 Å². The maximum Gasteiger partial charge on any atom is 0.243 e. The molecule has 0 saturated carbocycles. The van der Waals surface area contributed by atoms with Crippen LogP contribution < -0.4 is 10.5 Å². The lowest BCUT2D eigenvalue weighted by atomic mass is 10.1. The van der Waals surface area contributed by atoms with Crippen molar-refractivity contribution in [2.75, 3.05) is 0 Å². The number of hydrogen-bond acceptors (Lipinski definition) is 3. The van der Waals surface area contributed by atoms with Crippen LogP contribution in [0.5, 0.6) is 0 Å². The molecular weight excluding hydrogens is 315 g/mol. The van der Waals surface area contributed by atoms with Crippen molar-refractivity contribution >= 4 is 21.6 Å². The summed E-state index contributed by atoms with van der Waals surface area (Å²) < 4.78 is 41.2. The van der Waals surface area contributed by atoms with E-state index < -0.39 is 20.7 Å². The lowest BCUT2D eigenvalue weighted by Crippen LogP contribution is -2.33. The Balaban J connectivity index is 2.95. The van der Waals surface area contributed by atoms with Crippen molar-refractivity contribution in [3.8, 4) is 0 Å². The Kier molecular flexibility index (Phi) is 7.06. The van der Waals surface area contributed by atoms with Crippen molar-refractivity contribution in [1.82, 2.24) is 4.72 Å². The molecular formula is C14H22ClFN2O2S. The highest BCUT2D eigenvalue weighted by Gasteiger charge is 2.23. The van der Waals surface area contributed by atoms with E-state index in [0.717, 1.165) is 25.3 Å². The fraction of sp³-hybridized carbons (Fsp3) is 0.571. The number of hydrogen-bond donors (Lipinski definition) is 2. The zero-order valence-electron chi connectivity index (χ0n) is 12.3. The first kappa shape index (κ1) is 18.4. The molecule has 1 rings (SSSR count). The zero-order chi connectivity index (χ0) is 16.0. The molecule has 1 atom stereocenters. The number of nitrogens with one attached hydrogen (secondary N) is 1. The molecule has 1 aromatic carbocycles. The van der Waals surface area contributed by atoms with Crippen LogP contribution in [0, 0.1) is 5.82 Å². The summed E-state index contributed by atoms with van der Waals surface area (Å²) in [7, 11) is -3.95. The van der Waals surface area contributed by atoms with Crippen LogP contribution in [0.4, 0.5) is 4.39 Å². The smallest absolute Gasteiger partial charge is 0.243 e. The van der Waals surface area contributed by atoms with Crippen LogP contribution in [-0.4, -0.2) is 14.5 Å². The van der Waals surface area contributed by atoms with Crippen molar-refractivity contribution in [2.45, 2.75) is 57.0 Å². The minimum atomic E-state index is -3.95. The van der Waals surface area contributed by atoms with Crippen molar-refractivity contribution in [3.05, 3.63) is 28.5 Å². The molecule has 1 unspecified atom stereocenters. The lowest BCUT2D eigenvalue weighted by molar-refractivity contribution is 0.517. The first-order valence-corrected chi connectivity index (χ1v) is 8.88. The largest absolute Gasteiger partial charge is 0.326 e. The van der Waals surface area contributed by atoms with E-state index >= 15 is 0 Å². The van der Waals surface area contributed by atoms with Gasteiger partial charge >= 0.3 is 0 Å². The summed E-state index contributed by atoms with van der Waals surface area (Å²) in [6.45, 7) is 3.73. The van der Waals surface area contributed by atoms with Crippen LogP contribution in [0.3, 0.4) is 0 Å². The highest BCUT2D eigenvalue weighted by atomic mass is 35.5. The van der Waals surface area contributed by atoms with Crippen molar-refractivity contribution in [3.63, 3.8) is 0 Å². The van der Waals surface area contributed by atoms with Crippen LogP contribution in [0.2, 0.25) is 5.02 Å². The lowest BCUT2D eigenvalue weighted by Gasteiger charge is -2.15. The highest BCUT2D eigenvalue weighted by Crippen LogP contribution is 2.24. The fourth-order valence-corrected chi connectivity index (χ4v) is 3.78. The van der Waals surface area contributed by atoms with E-state index in [0.29, 0.717) is 6.42 Å². The van der Waals surface area contributed by atoms with Crippen LogP contribution in [0.15, 0.2) is 17.0 Å². The van der Waals surface area contributed by atoms with E-state index in [2.05, 4.69) is 11.6 Å². The van der Waals surface area contributed by atoms with E-state index in [1.54, 1.807) is 6.92 Å². The molecule has 0 saturated heterocycles. The maximum absolute atomic E-state index is 14.1. The van der Waals surface area contributed by atoms with Gasteiger partial charge in [0.15, 0.2) is 0 Å². The Morgan fingerprint density at radius 2 is 2.05 bits per heavy atom. The quantitative estimate of drug-likeness (QED) is 0.716. The van der Waals surface area contributed by atoms with E-state index in [1.165, 1.54) is 6.07 Å². The molecule has 0 amide bonds. The van der Waals surface area contributed by atoms with E-state index in [4.69, 9.17) is 17.3 Å². The molecule has 7 heteroatoms. The molecule has 120 valence electrons. The Bertz CT molecular complexity index is 579. The summed E-state index contributed by atoms with van der Waals surface area (Å²) in [5.41, 5.74) is 5.48. The minimum Gasteiger partial charge on any atom is -0.326 e. The summed E-state index contributed by atoms with van der Waals surface area (Å²) in [4.78, 5) is -0.446. The van der Waals surface area contributed by atoms with Gasteiger partial charge in [-0.3, -0.25) is 0 Å². The van der Waals surface area contributed by atoms with Crippen molar-refractivity contribution < 1.29 is 12.8 Å². The van der Waals surface area contributed by atoms with Gasteiger partial charge in [-0.1, -0.05) is 37.8 Å². The number of benzene rings is 1. The molecule has 0 aliphatic rings. The average Bonchev–Trinajstić information content (AvgIpc) is 2.40. The Hall–Kier alpha value is -0.690. The second kappa shape index (κ2) is 8.08. The van der Waals surface area contributed by atoms with E-state index in [1.807, 2.05) is 0 Å². The summed E-state index contributed by atoms with van der Waals surface area (Å²) in [6.07, 6.45) is 3.72. The number of sulfonamides is 1.